The van der Waals surface area contributed by atoms with Crippen molar-refractivity contribution >= 4 is 35.6 Å². The second-order valence-corrected chi connectivity index (χ2v) is 8.54. The molecule has 9 heteroatoms. The number of rotatable bonds is 6. The topological polar surface area (TPSA) is 118 Å². The molecule has 4 heterocycles. The first kappa shape index (κ1) is 19.7. The Morgan fingerprint density at radius 1 is 0.655 bits per heavy atom. The molecule has 156 valence electrons. The first-order valence-electron chi connectivity index (χ1n) is 10.2. The molecule has 0 spiro atoms. The molecule has 4 amide bonds. The van der Waals surface area contributed by atoms with E-state index >= 15 is 0 Å². The fraction of sp³-hybridized carbons (Fsp3) is 0.700. The van der Waals surface area contributed by atoms with Crippen molar-refractivity contribution < 1.29 is 33.5 Å². The summed E-state index contributed by atoms with van der Waals surface area (Å²) in [6.45, 7) is 0. The number of hydrogen-bond acceptors (Lipinski definition) is 7. The van der Waals surface area contributed by atoms with Crippen LogP contribution in [0.3, 0.4) is 0 Å². The molecule has 0 bridgehead atoms. The third-order valence-corrected chi connectivity index (χ3v) is 6.98. The van der Waals surface area contributed by atoms with E-state index in [9.17, 15) is 28.8 Å². The van der Waals surface area contributed by atoms with Gasteiger partial charge in [0.05, 0.1) is 11.1 Å². The fourth-order valence-electron chi connectivity index (χ4n) is 5.46. The Labute approximate surface area is 167 Å². The van der Waals surface area contributed by atoms with Crippen LogP contribution >= 0.6 is 0 Å². The van der Waals surface area contributed by atoms with Crippen molar-refractivity contribution in [2.24, 2.45) is 0 Å². The van der Waals surface area contributed by atoms with E-state index in [1.807, 2.05) is 0 Å². The maximum Gasteiger partial charge on any atom is 0.313 e. The molecule has 29 heavy (non-hydrogen) atoms. The summed E-state index contributed by atoms with van der Waals surface area (Å²) >= 11 is 0. The standard InChI is InChI=1S/C20H24N2O7/c23-13-1-7-19(8-2-14(24)21(13)19)11-5-17(27)29-18(28)6-12-20-9-3-15(25)22(20)16(26)4-10-20/h1-12H2. The minimum Gasteiger partial charge on any atom is -0.393 e. The van der Waals surface area contributed by atoms with Crippen molar-refractivity contribution in [2.45, 2.75) is 88.1 Å². The lowest BCUT2D eigenvalue weighted by Gasteiger charge is -2.30. The van der Waals surface area contributed by atoms with Crippen LogP contribution in [0.1, 0.15) is 77.0 Å². The van der Waals surface area contributed by atoms with Gasteiger partial charge in [-0.25, -0.2) is 0 Å². The molecule has 9 nitrogen and oxygen atoms in total. The third kappa shape index (κ3) is 3.26. The minimum absolute atomic E-state index is 0.0446. The van der Waals surface area contributed by atoms with E-state index in [4.69, 9.17) is 4.74 Å². The van der Waals surface area contributed by atoms with E-state index in [1.165, 1.54) is 9.80 Å². The Hall–Kier alpha value is -2.58. The quantitative estimate of drug-likeness (QED) is 0.368. The van der Waals surface area contributed by atoms with Gasteiger partial charge in [-0.1, -0.05) is 0 Å². The number of imide groups is 2. The van der Waals surface area contributed by atoms with Crippen LogP contribution in [0.2, 0.25) is 0 Å². The molecule has 0 aromatic heterocycles. The van der Waals surface area contributed by atoms with Gasteiger partial charge in [-0.3, -0.25) is 38.6 Å². The van der Waals surface area contributed by atoms with Crippen LogP contribution in [-0.4, -0.2) is 56.4 Å². The van der Waals surface area contributed by atoms with Gasteiger partial charge >= 0.3 is 11.9 Å². The van der Waals surface area contributed by atoms with Crippen molar-refractivity contribution in [1.82, 2.24) is 9.80 Å². The van der Waals surface area contributed by atoms with E-state index in [0.29, 0.717) is 64.2 Å². The molecule has 0 aromatic rings. The molecule has 0 saturated carbocycles. The van der Waals surface area contributed by atoms with E-state index in [1.54, 1.807) is 0 Å². The zero-order valence-electron chi connectivity index (χ0n) is 16.2. The molecule has 4 aliphatic rings. The zero-order chi connectivity index (χ0) is 20.8. The van der Waals surface area contributed by atoms with Crippen LogP contribution in [0.15, 0.2) is 0 Å². The number of esters is 2. The average Bonchev–Trinajstić information content (AvgIpc) is 3.38. The lowest BCUT2D eigenvalue weighted by atomic mass is 9.88. The molecule has 4 saturated heterocycles. The highest BCUT2D eigenvalue weighted by Gasteiger charge is 2.53. The Morgan fingerprint density at radius 3 is 1.28 bits per heavy atom. The first-order valence-corrected chi connectivity index (χ1v) is 10.2. The Balaban J connectivity index is 1.27. The highest BCUT2D eigenvalue weighted by Crippen LogP contribution is 2.44. The predicted molar refractivity (Wildman–Crippen MR) is 95.7 cm³/mol. The molecule has 0 radical (unpaired) electrons. The number of ether oxygens (including phenoxy) is 1. The van der Waals surface area contributed by atoms with Crippen LogP contribution in [0.5, 0.6) is 0 Å². The third-order valence-electron chi connectivity index (χ3n) is 6.98. The van der Waals surface area contributed by atoms with Gasteiger partial charge in [0.2, 0.25) is 23.6 Å². The van der Waals surface area contributed by atoms with Crippen molar-refractivity contribution in [2.75, 3.05) is 0 Å². The molecule has 0 unspecified atom stereocenters. The lowest BCUT2D eigenvalue weighted by molar-refractivity contribution is -0.161. The van der Waals surface area contributed by atoms with Crippen molar-refractivity contribution in [3.05, 3.63) is 0 Å². The van der Waals surface area contributed by atoms with Crippen LogP contribution < -0.4 is 0 Å². The monoisotopic (exact) mass is 404 g/mol. The first-order chi connectivity index (χ1) is 13.8. The largest absolute Gasteiger partial charge is 0.393 e. The number of carbonyl (C=O) groups excluding carboxylic acids is 6. The molecule has 4 aliphatic heterocycles. The lowest BCUT2D eigenvalue weighted by Crippen LogP contribution is -2.43. The summed E-state index contributed by atoms with van der Waals surface area (Å²) in [5.41, 5.74) is -1.21. The molecular weight excluding hydrogens is 380 g/mol. The van der Waals surface area contributed by atoms with Crippen molar-refractivity contribution in [3.8, 4) is 0 Å². The van der Waals surface area contributed by atoms with Gasteiger partial charge in [-0.2, -0.15) is 0 Å². The maximum absolute atomic E-state index is 12.1. The van der Waals surface area contributed by atoms with Gasteiger partial charge in [-0.15, -0.1) is 0 Å². The molecule has 0 atom stereocenters. The highest BCUT2D eigenvalue weighted by atomic mass is 16.6. The summed E-state index contributed by atoms with van der Waals surface area (Å²) < 4.78 is 4.91. The molecule has 4 fully saturated rings. The van der Waals surface area contributed by atoms with E-state index in [0.717, 1.165) is 0 Å². The average molecular weight is 404 g/mol. The molecular formula is C20H24N2O7. The number of nitrogens with zero attached hydrogens (tertiary/aromatic N) is 2. The predicted octanol–water partition coefficient (Wildman–Crippen LogP) is 0.980. The normalized spacial score (nSPS) is 24.3. The number of amides is 4. The summed E-state index contributed by atoms with van der Waals surface area (Å²) in [6, 6.07) is 0. The highest BCUT2D eigenvalue weighted by molar-refractivity contribution is 6.00. The molecule has 0 aromatic carbocycles. The van der Waals surface area contributed by atoms with Gasteiger partial charge in [0, 0.05) is 38.5 Å². The number of carbonyl (C=O) groups is 6. The van der Waals surface area contributed by atoms with Gasteiger partial charge in [0.1, 0.15) is 0 Å². The summed E-state index contributed by atoms with van der Waals surface area (Å²) in [5, 5.41) is 0. The van der Waals surface area contributed by atoms with Crippen LogP contribution in [0.25, 0.3) is 0 Å². The smallest absolute Gasteiger partial charge is 0.313 e. The van der Waals surface area contributed by atoms with E-state index in [2.05, 4.69) is 0 Å². The summed E-state index contributed by atoms with van der Waals surface area (Å²) in [5.74, 6) is -2.14. The minimum atomic E-state index is -0.678. The van der Waals surface area contributed by atoms with Crippen molar-refractivity contribution in [3.63, 3.8) is 0 Å². The molecule has 0 N–H and O–H groups in total. The van der Waals surface area contributed by atoms with E-state index in [-0.39, 0.29) is 36.5 Å². The molecule has 4 rings (SSSR count). The zero-order valence-corrected chi connectivity index (χ0v) is 16.2. The van der Waals surface area contributed by atoms with Gasteiger partial charge < -0.3 is 4.74 Å². The van der Waals surface area contributed by atoms with Crippen molar-refractivity contribution in [1.29, 1.82) is 0 Å². The second kappa shape index (κ2) is 7.03. The van der Waals surface area contributed by atoms with Crippen LogP contribution in [0.4, 0.5) is 0 Å². The van der Waals surface area contributed by atoms with E-state index < -0.39 is 23.0 Å². The molecule has 0 aliphatic carbocycles. The summed E-state index contributed by atoms with van der Waals surface area (Å²) in [7, 11) is 0. The van der Waals surface area contributed by atoms with Gasteiger partial charge in [0.25, 0.3) is 0 Å². The van der Waals surface area contributed by atoms with Gasteiger partial charge in [0.15, 0.2) is 0 Å². The van der Waals surface area contributed by atoms with Gasteiger partial charge in [-0.05, 0) is 38.5 Å². The summed E-state index contributed by atoms with van der Waals surface area (Å²) in [6.07, 6.45) is 3.89. The Bertz CT molecular complexity index is 712. The Kier molecular flexibility index (Phi) is 4.78. The number of hydrogen-bond donors (Lipinski definition) is 0. The SMILES string of the molecule is O=C(CCC12CCC(=O)N1C(=O)CC2)OC(=O)CCC12CCC(=O)N1C(=O)CC2. The second-order valence-electron chi connectivity index (χ2n) is 8.54. The van der Waals surface area contributed by atoms with Crippen LogP contribution in [0, 0.1) is 0 Å². The maximum atomic E-state index is 12.1. The summed E-state index contributed by atoms with van der Waals surface area (Å²) in [4.78, 5) is 74.6. The fourth-order valence-corrected chi connectivity index (χ4v) is 5.46. The number of fused-ring (bicyclic) bond motifs is 2. The Morgan fingerprint density at radius 2 is 0.966 bits per heavy atom. The van der Waals surface area contributed by atoms with Crippen LogP contribution in [-0.2, 0) is 33.5 Å².